The van der Waals surface area contributed by atoms with Crippen molar-refractivity contribution in [1.29, 1.82) is 0 Å². The molecule has 1 spiro atoms. The van der Waals surface area contributed by atoms with Crippen molar-refractivity contribution in [2.45, 2.75) is 43.5 Å². The fourth-order valence-electron chi connectivity index (χ4n) is 5.17. The summed E-state index contributed by atoms with van der Waals surface area (Å²) in [6.45, 7) is 4.27. The first kappa shape index (κ1) is 26.1. The summed E-state index contributed by atoms with van der Waals surface area (Å²) >= 11 is 1.58. The lowest BCUT2D eigenvalue weighted by atomic mass is 9.77. The number of methoxy groups -OCH3 is 1. The number of piperidine rings is 1. The first-order chi connectivity index (χ1) is 17.4. The number of ether oxygens (including phenoxy) is 1. The zero-order chi connectivity index (χ0) is 25.5. The largest absolute Gasteiger partial charge is 0.497 e. The number of hydrogen-bond acceptors (Lipinski definition) is 5. The molecule has 4 rings (SSSR count). The fourth-order valence-corrected chi connectivity index (χ4v) is 6.10. The molecule has 1 atom stereocenters. The van der Waals surface area contributed by atoms with Crippen LogP contribution in [0.4, 0.5) is 0 Å². The van der Waals surface area contributed by atoms with Crippen LogP contribution in [0.25, 0.3) is 0 Å². The molecular formula is C28H35N3O4S. The maximum absolute atomic E-state index is 13.4. The Morgan fingerprint density at radius 2 is 1.69 bits per heavy atom. The van der Waals surface area contributed by atoms with Crippen LogP contribution in [0.3, 0.4) is 0 Å². The van der Waals surface area contributed by atoms with Gasteiger partial charge in [-0.05, 0) is 54.5 Å². The van der Waals surface area contributed by atoms with Crippen LogP contribution >= 0.6 is 11.8 Å². The van der Waals surface area contributed by atoms with Crippen molar-refractivity contribution in [2.75, 3.05) is 39.0 Å². The normalized spacial score (nSPS) is 17.6. The molecule has 2 fully saturated rings. The molecule has 2 aromatic carbocycles. The van der Waals surface area contributed by atoms with E-state index in [1.54, 1.807) is 18.9 Å². The van der Waals surface area contributed by atoms with Crippen molar-refractivity contribution in [3.05, 3.63) is 60.2 Å². The van der Waals surface area contributed by atoms with E-state index in [1.165, 1.54) is 6.92 Å². The van der Waals surface area contributed by atoms with Crippen LogP contribution in [-0.2, 0) is 20.8 Å². The minimum absolute atomic E-state index is 0.0120. The highest BCUT2D eigenvalue weighted by molar-refractivity contribution is 7.99. The molecule has 2 saturated heterocycles. The van der Waals surface area contributed by atoms with Gasteiger partial charge in [0.2, 0.25) is 17.7 Å². The predicted molar refractivity (Wildman–Crippen MR) is 141 cm³/mol. The third kappa shape index (κ3) is 6.60. The summed E-state index contributed by atoms with van der Waals surface area (Å²) < 4.78 is 5.27. The summed E-state index contributed by atoms with van der Waals surface area (Å²) in [6, 6.07) is 17.0. The molecule has 0 bridgehead atoms. The van der Waals surface area contributed by atoms with Gasteiger partial charge in [0.1, 0.15) is 11.8 Å². The molecule has 192 valence electrons. The smallest absolute Gasteiger partial charge is 0.246 e. The Morgan fingerprint density at radius 1 is 1.00 bits per heavy atom. The Kier molecular flexibility index (Phi) is 8.56. The molecule has 0 saturated carbocycles. The number of likely N-dealkylation sites (tertiary alicyclic amines) is 2. The number of carbonyl (C=O) groups excluding carboxylic acids is 3. The molecule has 3 amide bonds. The first-order valence-electron chi connectivity index (χ1n) is 12.5. The Hall–Kier alpha value is -3.00. The third-order valence-corrected chi connectivity index (χ3v) is 8.36. The van der Waals surface area contributed by atoms with Crippen LogP contribution < -0.4 is 10.1 Å². The Bertz CT molecular complexity index is 1070. The summed E-state index contributed by atoms with van der Waals surface area (Å²) in [5.74, 6) is 1.18. The number of thioether (sulfide) groups is 1. The molecule has 0 aliphatic carbocycles. The molecule has 1 N–H and O–H groups in total. The van der Waals surface area contributed by atoms with E-state index < -0.39 is 6.04 Å². The Morgan fingerprint density at radius 3 is 2.36 bits per heavy atom. The lowest BCUT2D eigenvalue weighted by Crippen LogP contribution is -2.50. The minimum atomic E-state index is -0.549. The molecule has 7 nitrogen and oxygen atoms in total. The lowest BCUT2D eigenvalue weighted by Gasteiger charge is -2.39. The van der Waals surface area contributed by atoms with Crippen molar-refractivity contribution in [3.8, 4) is 5.75 Å². The molecular weight excluding hydrogens is 474 g/mol. The predicted octanol–water partition coefficient (Wildman–Crippen LogP) is 3.38. The highest BCUT2D eigenvalue weighted by Gasteiger charge is 2.43. The van der Waals surface area contributed by atoms with Gasteiger partial charge in [-0.25, -0.2) is 0 Å². The summed E-state index contributed by atoms with van der Waals surface area (Å²) in [5.41, 5.74) is 1.00. The Balaban J connectivity index is 1.30. The average Bonchev–Trinajstić information content (AvgIpc) is 3.30. The second-order valence-electron chi connectivity index (χ2n) is 9.80. The maximum Gasteiger partial charge on any atom is 0.246 e. The van der Waals surface area contributed by atoms with Gasteiger partial charge >= 0.3 is 0 Å². The van der Waals surface area contributed by atoms with Crippen LogP contribution in [0.1, 0.15) is 31.7 Å². The summed E-state index contributed by atoms with van der Waals surface area (Å²) in [4.78, 5) is 43.0. The molecule has 8 heteroatoms. The topological polar surface area (TPSA) is 79.0 Å². The molecule has 0 aromatic heterocycles. The molecule has 2 aliphatic heterocycles. The van der Waals surface area contributed by atoms with Gasteiger partial charge in [0.15, 0.2) is 0 Å². The minimum Gasteiger partial charge on any atom is -0.497 e. The van der Waals surface area contributed by atoms with E-state index in [-0.39, 0.29) is 23.1 Å². The van der Waals surface area contributed by atoms with Gasteiger partial charge in [0, 0.05) is 43.8 Å². The van der Waals surface area contributed by atoms with E-state index in [1.807, 2.05) is 64.4 Å². The van der Waals surface area contributed by atoms with E-state index in [0.717, 1.165) is 35.5 Å². The SMILES string of the molecule is COc1cccc(CC(=O)N2CCC3(CC2)CCN(C(=O)C(CSc2ccccc2)NC(C)=O)C3)c1. The Labute approximate surface area is 217 Å². The van der Waals surface area contributed by atoms with Gasteiger partial charge in [-0.3, -0.25) is 14.4 Å². The average molecular weight is 510 g/mol. The molecule has 2 heterocycles. The second-order valence-corrected chi connectivity index (χ2v) is 10.9. The van der Waals surface area contributed by atoms with Gasteiger partial charge in [-0.2, -0.15) is 0 Å². The molecule has 1 unspecified atom stereocenters. The van der Waals surface area contributed by atoms with Crippen molar-refractivity contribution in [1.82, 2.24) is 15.1 Å². The summed E-state index contributed by atoms with van der Waals surface area (Å²) in [7, 11) is 1.63. The van der Waals surface area contributed by atoms with Gasteiger partial charge in [-0.1, -0.05) is 30.3 Å². The maximum atomic E-state index is 13.4. The third-order valence-electron chi connectivity index (χ3n) is 7.25. The standard InChI is InChI=1S/C28H35N3O4S/c1-21(32)29-25(19-36-24-9-4-3-5-10-24)27(34)31-16-13-28(20-31)11-14-30(15-12-28)26(33)18-22-7-6-8-23(17-22)35-2/h3-10,17,25H,11-16,18-20H2,1-2H3,(H,29,32). The van der Waals surface area contributed by atoms with Gasteiger partial charge in [-0.15, -0.1) is 11.8 Å². The van der Waals surface area contributed by atoms with E-state index in [0.29, 0.717) is 38.4 Å². The summed E-state index contributed by atoms with van der Waals surface area (Å²) in [5, 5.41) is 2.86. The van der Waals surface area contributed by atoms with Crippen LogP contribution in [0, 0.1) is 5.41 Å². The van der Waals surface area contributed by atoms with E-state index in [9.17, 15) is 14.4 Å². The lowest BCUT2D eigenvalue weighted by molar-refractivity contribution is -0.136. The van der Waals surface area contributed by atoms with Gasteiger partial charge < -0.3 is 19.9 Å². The number of nitrogens with one attached hydrogen (secondary N) is 1. The first-order valence-corrected chi connectivity index (χ1v) is 13.5. The van der Waals surface area contributed by atoms with Crippen molar-refractivity contribution >= 4 is 29.5 Å². The van der Waals surface area contributed by atoms with Crippen molar-refractivity contribution in [3.63, 3.8) is 0 Å². The number of hydrogen-bond donors (Lipinski definition) is 1. The number of rotatable bonds is 8. The fraction of sp³-hybridized carbons (Fsp3) is 0.464. The zero-order valence-corrected chi connectivity index (χ0v) is 21.9. The molecule has 2 aromatic rings. The van der Waals surface area contributed by atoms with Crippen LogP contribution in [0.2, 0.25) is 0 Å². The second kappa shape index (κ2) is 11.8. The van der Waals surface area contributed by atoms with Gasteiger partial charge in [0.05, 0.1) is 13.5 Å². The highest BCUT2D eigenvalue weighted by Crippen LogP contribution is 2.40. The number of carbonyl (C=O) groups is 3. The molecule has 36 heavy (non-hydrogen) atoms. The number of benzene rings is 2. The van der Waals surface area contributed by atoms with Crippen molar-refractivity contribution in [2.24, 2.45) is 5.41 Å². The van der Waals surface area contributed by atoms with Crippen LogP contribution in [0.15, 0.2) is 59.5 Å². The summed E-state index contributed by atoms with van der Waals surface area (Å²) in [6.07, 6.45) is 3.09. The number of amides is 3. The monoisotopic (exact) mass is 509 g/mol. The number of nitrogens with zero attached hydrogens (tertiary/aromatic N) is 2. The van der Waals surface area contributed by atoms with Crippen LogP contribution in [0.5, 0.6) is 5.75 Å². The quantitative estimate of drug-likeness (QED) is 0.552. The highest BCUT2D eigenvalue weighted by atomic mass is 32.2. The molecule has 2 aliphatic rings. The van der Waals surface area contributed by atoms with Crippen LogP contribution in [-0.4, -0.2) is 72.6 Å². The van der Waals surface area contributed by atoms with E-state index in [4.69, 9.17) is 4.74 Å². The van der Waals surface area contributed by atoms with Crippen molar-refractivity contribution < 1.29 is 19.1 Å². The van der Waals surface area contributed by atoms with E-state index in [2.05, 4.69) is 5.32 Å². The molecule has 0 radical (unpaired) electrons. The van der Waals surface area contributed by atoms with E-state index >= 15 is 0 Å². The van der Waals surface area contributed by atoms with Gasteiger partial charge in [0.25, 0.3) is 0 Å². The zero-order valence-electron chi connectivity index (χ0n) is 21.1.